The van der Waals surface area contributed by atoms with Crippen LogP contribution in [0.15, 0.2) is 0 Å². The average Bonchev–Trinajstić information content (AvgIpc) is 2.18. The summed E-state index contributed by atoms with van der Waals surface area (Å²) in [5, 5.41) is 12.8. The maximum absolute atomic E-state index is 9.52. The van der Waals surface area contributed by atoms with E-state index in [1.165, 1.54) is 0 Å². The van der Waals surface area contributed by atoms with Crippen LogP contribution in [0.4, 0.5) is 0 Å². The minimum atomic E-state index is -0.212. The maximum Gasteiger partial charge on any atom is 0.0826 e. The second-order valence-corrected chi connectivity index (χ2v) is 4.36. The summed E-state index contributed by atoms with van der Waals surface area (Å²) in [4.78, 5) is 2.28. The summed E-state index contributed by atoms with van der Waals surface area (Å²) in [6.45, 7) is 6.43. The first-order chi connectivity index (χ1) is 7.22. The third-order valence-corrected chi connectivity index (χ3v) is 2.72. The SMILES string of the molecule is CCCC(O)CNCC1CN(C)CCO1. The zero-order valence-corrected chi connectivity index (χ0v) is 9.91. The van der Waals surface area contributed by atoms with Gasteiger partial charge < -0.3 is 20.1 Å². The summed E-state index contributed by atoms with van der Waals surface area (Å²) < 4.78 is 5.60. The van der Waals surface area contributed by atoms with Gasteiger partial charge in [-0.05, 0) is 13.5 Å². The van der Waals surface area contributed by atoms with Gasteiger partial charge in [-0.1, -0.05) is 13.3 Å². The molecule has 15 heavy (non-hydrogen) atoms. The Morgan fingerprint density at radius 1 is 1.60 bits per heavy atom. The fourth-order valence-corrected chi connectivity index (χ4v) is 1.84. The van der Waals surface area contributed by atoms with Gasteiger partial charge in [0.05, 0.1) is 18.8 Å². The van der Waals surface area contributed by atoms with Crippen molar-refractivity contribution in [2.75, 3.05) is 39.8 Å². The van der Waals surface area contributed by atoms with Crippen molar-refractivity contribution >= 4 is 0 Å². The minimum absolute atomic E-state index is 0.212. The Bertz CT molecular complexity index is 167. The number of nitrogens with zero attached hydrogens (tertiary/aromatic N) is 1. The highest BCUT2D eigenvalue weighted by molar-refractivity contribution is 4.71. The second kappa shape index (κ2) is 7.17. The zero-order chi connectivity index (χ0) is 11.1. The number of aliphatic hydroxyl groups excluding tert-OH is 1. The van der Waals surface area contributed by atoms with Crippen LogP contribution in [0.25, 0.3) is 0 Å². The van der Waals surface area contributed by atoms with E-state index in [0.717, 1.165) is 39.1 Å². The van der Waals surface area contributed by atoms with Crippen molar-refractivity contribution < 1.29 is 9.84 Å². The Morgan fingerprint density at radius 3 is 3.07 bits per heavy atom. The van der Waals surface area contributed by atoms with Gasteiger partial charge in [0.1, 0.15) is 0 Å². The van der Waals surface area contributed by atoms with Crippen molar-refractivity contribution in [1.29, 1.82) is 0 Å². The van der Waals surface area contributed by atoms with E-state index in [-0.39, 0.29) is 12.2 Å². The lowest BCUT2D eigenvalue weighted by molar-refractivity contribution is -0.0191. The normalized spacial score (nSPS) is 25.4. The van der Waals surface area contributed by atoms with E-state index < -0.39 is 0 Å². The fourth-order valence-electron chi connectivity index (χ4n) is 1.84. The lowest BCUT2D eigenvalue weighted by Gasteiger charge is -2.30. The van der Waals surface area contributed by atoms with Gasteiger partial charge in [0.2, 0.25) is 0 Å². The van der Waals surface area contributed by atoms with Gasteiger partial charge in [-0.2, -0.15) is 0 Å². The molecular formula is C11H24N2O2. The van der Waals surface area contributed by atoms with Crippen molar-refractivity contribution in [2.24, 2.45) is 0 Å². The van der Waals surface area contributed by atoms with Gasteiger partial charge >= 0.3 is 0 Å². The summed E-state index contributed by atoms with van der Waals surface area (Å²) in [5.41, 5.74) is 0. The molecule has 0 radical (unpaired) electrons. The number of nitrogens with one attached hydrogen (secondary N) is 1. The lowest BCUT2D eigenvalue weighted by Crippen LogP contribution is -2.45. The number of morpholine rings is 1. The Kier molecular flexibility index (Phi) is 6.17. The molecule has 0 aliphatic carbocycles. The van der Waals surface area contributed by atoms with Crippen molar-refractivity contribution in [1.82, 2.24) is 10.2 Å². The van der Waals surface area contributed by atoms with Crippen molar-refractivity contribution in [2.45, 2.75) is 32.0 Å². The molecule has 0 amide bonds. The molecule has 90 valence electrons. The first kappa shape index (κ1) is 12.9. The molecule has 0 saturated carbocycles. The van der Waals surface area contributed by atoms with E-state index >= 15 is 0 Å². The predicted molar refractivity (Wildman–Crippen MR) is 61.0 cm³/mol. The van der Waals surface area contributed by atoms with E-state index in [2.05, 4.69) is 24.2 Å². The van der Waals surface area contributed by atoms with Gasteiger partial charge in [-0.15, -0.1) is 0 Å². The molecule has 0 aromatic rings. The van der Waals surface area contributed by atoms with E-state index in [1.54, 1.807) is 0 Å². The van der Waals surface area contributed by atoms with Crippen LogP contribution in [0.3, 0.4) is 0 Å². The summed E-state index contributed by atoms with van der Waals surface area (Å²) in [6, 6.07) is 0. The van der Waals surface area contributed by atoms with Gasteiger partial charge in [0.15, 0.2) is 0 Å². The molecule has 1 heterocycles. The molecular weight excluding hydrogens is 192 g/mol. The van der Waals surface area contributed by atoms with E-state index in [0.29, 0.717) is 6.54 Å². The van der Waals surface area contributed by atoms with Crippen molar-refractivity contribution in [3.05, 3.63) is 0 Å². The highest BCUT2D eigenvalue weighted by atomic mass is 16.5. The van der Waals surface area contributed by atoms with Crippen LogP contribution in [0.2, 0.25) is 0 Å². The van der Waals surface area contributed by atoms with Gasteiger partial charge in [-0.25, -0.2) is 0 Å². The second-order valence-electron chi connectivity index (χ2n) is 4.36. The number of ether oxygens (including phenoxy) is 1. The molecule has 1 aliphatic rings. The summed E-state index contributed by atoms with van der Waals surface area (Å²) in [6.07, 6.45) is 1.97. The molecule has 2 N–H and O–H groups in total. The summed E-state index contributed by atoms with van der Waals surface area (Å²) >= 11 is 0. The molecule has 0 spiro atoms. The third-order valence-electron chi connectivity index (χ3n) is 2.72. The molecule has 0 bridgehead atoms. The first-order valence-electron chi connectivity index (χ1n) is 5.91. The van der Waals surface area contributed by atoms with Gasteiger partial charge in [0, 0.05) is 26.2 Å². The van der Waals surface area contributed by atoms with E-state index in [9.17, 15) is 5.11 Å². The van der Waals surface area contributed by atoms with Crippen LogP contribution < -0.4 is 5.32 Å². The summed E-state index contributed by atoms with van der Waals surface area (Å²) in [5.74, 6) is 0. The number of aliphatic hydroxyl groups is 1. The van der Waals surface area contributed by atoms with Crippen LogP contribution in [0, 0.1) is 0 Å². The molecule has 1 fully saturated rings. The van der Waals surface area contributed by atoms with Crippen LogP contribution >= 0.6 is 0 Å². The smallest absolute Gasteiger partial charge is 0.0826 e. The highest BCUT2D eigenvalue weighted by Crippen LogP contribution is 2.01. The molecule has 2 unspecified atom stereocenters. The highest BCUT2D eigenvalue weighted by Gasteiger charge is 2.17. The van der Waals surface area contributed by atoms with Gasteiger partial charge in [-0.3, -0.25) is 0 Å². The Morgan fingerprint density at radius 2 is 2.40 bits per heavy atom. The minimum Gasteiger partial charge on any atom is -0.392 e. The molecule has 0 aromatic heterocycles. The first-order valence-corrected chi connectivity index (χ1v) is 5.91. The van der Waals surface area contributed by atoms with Gasteiger partial charge in [0.25, 0.3) is 0 Å². The van der Waals surface area contributed by atoms with E-state index in [4.69, 9.17) is 4.74 Å². The zero-order valence-electron chi connectivity index (χ0n) is 9.91. The lowest BCUT2D eigenvalue weighted by atomic mass is 10.2. The molecule has 4 heteroatoms. The fraction of sp³-hybridized carbons (Fsp3) is 1.00. The van der Waals surface area contributed by atoms with Crippen molar-refractivity contribution in [3.63, 3.8) is 0 Å². The number of hydrogen-bond acceptors (Lipinski definition) is 4. The number of rotatable bonds is 6. The standard InChI is InChI=1S/C11H24N2O2/c1-3-4-10(14)7-12-8-11-9-13(2)5-6-15-11/h10-12,14H,3-9H2,1-2H3. The summed E-state index contributed by atoms with van der Waals surface area (Å²) in [7, 11) is 2.11. The topological polar surface area (TPSA) is 44.7 Å². The Balaban J connectivity index is 2.03. The molecule has 1 aliphatic heterocycles. The third kappa shape index (κ3) is 5.47. The molecule has 4 nitrogen and oxygen atoms in total. The van der Waals surface area contributed by atoms with Crippen molar-refractivity contribution in [3.8, 4) is 0 Å². The monoisotopic (exact) mass is 216 g/mol. The Hall–Kier alpha value is -0.160. The number of hydrogen-bond donors (Lipinski definition) is 2. The molecule has 2 atom stereocenters. The van der Waals surface area contributed by atoms with Crippen LogP contribution in [-0.2, 0) is 4.74 Å². The van der Waals surface area contributed by atoms with E-state index in [1.807, 2.05) is 0 Å². The van der Waals surface area contributed by atoms with Crippen LogP contribution in [0.5, 0.6) is 0 Å². The molecule has 0 aromatic carbocycles. The largest absolute Gasteiger partial charge is 0.392 e. The quantitative estimate of drug-likeness (QED) is 0.659. The van der Waals surface area contributed by atoms with Crippen LogP contribution in [-0.4, -0.2) is 62.0 Å². The molecule has 1 saturated heterocycles. The number of likely N-dealkylation sites (N-methyl/N-ethyl adjacent to an activating group) is 1. The predicted octanol–water partition coefficient (Wildman–Crippen LogP) is 0.0676. The Labute approximate surface area is 92.6 Å². The average molecular weight is 216 g/mol. The molecule has 1 rings (SSSR count). The van der Waals surface area contributed by atoms with Crippen LogP contribution in [0.1, 0.15) is 19.8 Å². The maximum atomic E-state index is 9.52.